The standard InChI is InChI=1S/C7H15NO/c1-3-4-5-8-6-7(2)9/h3,7-9H,1,4-6H2,2H3. The summed E-state index contributed by atoms with van der Waals surface area (Å²) in [5, 5.41) is 11.8. The van der Waals surface area contributed by atoms with Crippen molar-refractivity contribution in [2.24, 2.45) is 0 Å². The van der Waals surface area contributed by atoms with Crippen molar-refractivity contribution in [2.45, 2.75) is 19.4 Å². The van der Waals surface area contributed by atoms with Gasteiger partial charge in [0, 0.05) is 6.54 Å². The SMILES string of the molecule is C=CCCNCC(C)O. The third-order valence-corrected chi connectivity index (χ3v) is 0.965. The zero-order valence-electron chi connectivity index (χ0n) is 5.93. The van der Waals surface area contributed by atoms with Gasteiger partial charge in [-0.15, -0.1) is 6.58 Å². The number of aliphatic hydroxyl groups is 1. The molecule has 0 heterocycles. The molecule has 2 nitrogen and oxygen atoms in total. The second-order valence-corrected chi connectivity index (χ2v) is 2.13. The first-order chi connectivity index (χ1) is 4.27. The highest BCUT2D eigenvalue weighted by atomic mass is 16.3. The van der Waals surface area contributed by atoms with Crippen molar-refractivity contribution in [3.8, 4) is 0 Å². The molecule has 2 heteroatoms. The minimum atomic E-state index is -0.241. The van der Waals surface area contributed by atoms with E-state index < -0.39 is 0 Å². The van der Waals surface area contributed by atoms with E-state index >= 15 is 0 Å². The largest absolute Gasteiger partial charge is 0.392 e. The topological polar surface area (TPSA) is 32.3 Å². The summed E-state index contributed by atoms with van der Waals surface area (Å²) >= 11 is 0. The summed E-state index contributed by atoms with van der Waals surface area (Å²) < 4.78 is 0. The molecule has 0 aromatic heterocycles. The summed E-state index contributed by atoms with van der Waals surface area (Å²) in [6, 6.07) is 0. The Hall–Kier alpha value is -0.340. The van der Waals surface area contributed by atoms with Crippen LogP contribution >= 0.6 is 0 Å². The third-order valence-electron chi connectivity index (χ3n) is 0.965. The highest BCUT2D eigenvalue weighted by molar-refractivity contribution is 4.67. The number of nitrogens with one attached hydrogen (secondary N) is 1. The van der Waals surface area contributed by atoms with E-state index in [0.717, 1.165) is 13.0 Å². The molecule has 0 aliphatic carbocycles. The lowest BCUT2D eigenvalue weighted by Gasteiger charge is -2.03. The molecular weight excluding hydrogens is 114 g/mol. The van der Waals surface area contributed by atoms with Gasteiger partial charge in [0.05, 0.1) is 6.10 Å². The maximum absolute atomic E-state index is 8.76. The Morgan fingerprint density at radius 2 is 2.44 bits per heavy atom. The number of hydrogen-bond donors (Lipinski definition) is 2. The van der Waals surface area contributed by atoms with Crippen LogP contribution in [-0.2, 0) is 0 Å². The summed E-state index contributed by atoms with van der Waals surface area (Å²) in [6.07, 6.45) is 2.58. The van der Waals surface area contributed by atoms with Crippen molar-refractivity contribution in [1.82, 2.24) is 5.32 Å². The van der Waals surface area contributed by atoms with Crippen LogP contribution in [0.1, 0.15) is 13.3 Å². The van der Waals surface area contributed by atoms with Crippen LogP contribution in [0.2, 0.25) is 0 Å². The molecule has 0 aromatic carbocycles. The molecule has 9 heavy (non-hydrogen) atoms. The summed E-state index contributed by atoms with van der Waals surface area (Å²) in [6.45, 7) is 6.93. The molecule has 0 saturated heterocycles. The number of aliphatic hydroxyl groups excluding tert-OH is 1. The molecule has 54 valence electrons. The zero-order chi connectivity index (χ0) is 7.11. The normalized spacial score (nSPS) is 13.1. The summed E-state index contributed by atoms with van der Waals surface area (Å²) in [5.74, 6) is 0. The van der Waals surface area contributed by atoms with Gasteiger partial charge in [0.2, 0.25) is 0 Å². The Balaban J connectivity index is 2.82. The Kier molecular flexibility index (Phi) is 5.57. The predicted molar refractivity (Wildman–Crippen MR) is 39.4 cm³/mol. The lowest BCUT2D eigenvalue weighted by Crippen LogP contribution is -2.24. The molecule has 1 atom stereocenters. The molecule has 0 saturated carbocycles. The molecule has 0 rings (SSSR count). The molecule has 0 amide bonds. The fourth-order valence-electron chi connectivity index (χ4n) is 0.515. The molecule has 0 fully saturated rings. The van der Waals surface area contributed by atoms with Gasteiger partial charge in [-0.05, 0) is 19.9 Å². The van der Waals surface area contributed by atoms with E-state index in [1.54, 1.807) is 6.92 Å². The van der Waals surface area contributed by atoms with E-state index in [-0.39, 0.29) is 6.10 Å². The summed E-state index contributed by atoms with van der Waals surface area (Å²) in [4.78, 5) is 0. The Bertz CT molecular complexity index is 71.3. The smallest absolute Gasteiger partial charge is 0.0636 e. The Morgan fingerprint density at radius 3 is 2.89 bits per heavy atom. The van der Waals surface area contributed by atoms with Crippen LogP contribution in [0.5, 0.6) is 0 Å². The van der Waals surface area contributed by atoms with Crippen LogP contribution in [0.3, 0.4) is 0 Å². The molecule has 1 unspecified atom stereocenters. The minimum absolute atomic E-state index is 0.241. The lowest BCUT2D eigenvalue weighted by atomic mass is 10.4. The van der Waals surface area contributed by atoms with Crippen LogP contribution < -0.4 is 5.32 Å². The van der Waals surface area contributed by atoms with Crippen LogP contribution in [0.25, 0.3) is 0 Å². The molecule has 2 N–H and O–H groups in total. The second-order valence-electron chi connectivity index (χ2n) is 2.13. The molecule has 0 bridgehead atoms. The Morgan fingerprint density at radius 1 is 1.78 bits per heavy atom. The fourth-order valence-corrected chi connectivity index (χ4v) is 0.515. The van der Waals surface area contributed by atoms with Crippen LogP contribution in [0, 0.1) is 0 Å². The first kappa shape index (κ1) is 8.66. The van der Waals surface area contributed by atoms with Crippen LogP contribution in [0.4, 0.5) is 0 Å². The highest BCUT2D eigenvalue weighted by Crippen LogP contribution is 1.77. The van der Waals surface area contributed by atoms with Crippen molar-refractivity contribution >= 4 is 0 Å². The fraction of sp³-hybridized carbons (Fsp3) is 0.714. The van der Waals surface area contributed by atoms with Gasteiger partial charge in [0.1, 0.15) is 0 Å². The monoisotopic (exact) mass is 129 g/mol. The van der Waals surface area contributed by atoms with Crippen LogP contribution in [-0.4, -0.2) is 24.3 Å². The van der Waals surface area contributed by atoms with Gasteiger partial charge in [-0.3, -0.25) is 0 Å². The van der Waals surface area contributed by atoms with Crippen molar-refractivity contribution in [3.05, 3.63) is 12.7 Å². The lowest BCUT2D eigenvalue weighted by molar-refractivity contribution is 0.192. The molecule has 0 aliphatic heterocycles. The quantitative estimate of drug-likeness (QED) is 0.419. The first-order valence-corrected chi connectivity index (χ1v) is 3.27. The third kappa shape index (κ3) is 7.66. The Labute approximate surface area is 56.6 Å². The van der Waals surface area contributed by atoms with Gasteiger partial charge in [0.15, 0.2) is 0 Å². The van der Waals surface area contributed by atoms with E-state index in [2.05, 4.69) is 11.9 Å². The maximum atomic E-state index is 8.76. The van der Waals surface area contributed by atoms with Gasteiger partial charge < -0.3 is 10.4 Å². The number of rotatable bonds is 5. The summed E-state index contributed by atoms with van der Waals surface area (Å²) in [7, 11) is 0. The van der Waals surface area contributed by atoms with Gasteiger partial charge in [0.25, 0.3) is 0 Å². The van der Waals surface area contributed by atoms with E-state index in [0.29, 0.717) is 6.54 Å². The molecule has 0 radical (unpaired) electrons. The molecule has 0 spiro atoms. The average Bonchev–Trinajstić information content (AvgIpc) is 1.80. The zero-order valence-corrected chi connectivity index (χ0v) is 5.93. The van der Waals surface area contributed by atoms with E-state index in [4.69, 9.17) is 5.11 Å². The minimum Gasteiger partial charge on any atom is -0.392 e. The van der Waals surface area contributed by atoms with Gasteiger partial charge in [-0.1, -0.05) is 6.08 Å². The first-order valence-electron chi connectivity index (χ1n) is 3.27. The predicted octanol–water partition coefficient (Wildman–Crippen LogP) is 0.533. The van der Waals surface area contributed by atoms with Crippen LogP contribution in [0.15, 0.2) is 12.7 Å². The van der Waals surface area contributed by atoms with Gasteiger partial charge >= 0.3 is 0 Å². The van der Waals surface area contributed by atoms with Crippen molar-refractivity contribution in [1.29, 1.82) is 0 Å². The van der Waals surface area contributed by atoms with E-state index in [9.17, 15) is 0 Å². The van der Waals surface area contributed by atoms with Crippen molar-refractivity contribution < 1.29 is 5.11 Å². The van der Waals surface area contributed by atoms with Gasteiger partial charge in [-0.25, -0.2) is 0 Å². The second kappa shape index (κ2) is 5.79. The number of hydrogen-bond acceptors (Lipinski definition) is 2. The molecule has 0 aliphatic rings. The van der Waals surface area contributed by atoms with Gasteiger partial charge in [-0.2, -0.15) is 0 Å². The summed E-state index contributed by atoms with van der Waals surface area (Å²) in [5.41, 5.74) is 0. The average molecular weight is 129 g/mol. The van der Waals surface area contributed by atoms with E-state index in [1.165, 1.54) is 0 Å². The maximum Gasteiger partial charge on any atom is 0.0636 e. The van der Waals surface area contributed by atoms with Crippen molar-refractivity contribution in [2.75, 3.05) is 13.1 Å². The van der Waals surface area contributed by atoms with E-state index in [1.807, 2.05) is 6.08 Å². The molecule has 0 aromatic rings. The highest BCUT2D eigenvalue weighted by Gasteiger charge is 1.90. The molecular formula is C7H15NO. The van der Waals surface area contributed by atoms with Crippen molar-refractivity contribution in [3.63, 3.8) is 0 Å².